The van der Waals surface area contributed by atoms with Crippen LogP contribution in [0.3, 0.4) is 0 Å². The third kappa shape index (κ3) is 5.49. The van der Waals surface area contributed by atoms with Crippen molar-refractivity contribution in [3.05, 3.63) is 70.6 Å². The second-order valence-electron chi connectivity index (χ2n) is 10.2. The van der Waals surface area contributed by atoms with E-state index in [9.17, 15) is 9.59 Å². The third-order valence-corrected chi connectivity index (χ3v) is 6.83. The van der Waals surface area contributed by atoms with Crippen LogP contribution in [0.4, 0.5) is 0 Å². The molecule has 8 heteroatoms. The molecule has 0 aromatic heterocycles. The van der Waals surface area contributed by atoms with Crippen LogP contribution in [0.1, 0.15) is 45.1 Å². The predicted molar refractivity (Wildman–Crippen MR) is 143 cm³/mol. The monoisotopic (exact) mass is 521 g/mol. The number of ether oxygens (including phenoxy) is 5. The minimum absolute atomic E-state index is 0.0178. The Morgan fingerprint density at radius 1 is 0.947 bits per heavy atom. The van der Waals surface area contributed by atoms with Crippen LogP contribution >= 0.6 is 0 Å². The normalized spacial score (nSPS) is 18.4. The van der Waals surface area contributed by atoms with E-state index in [0.29, 0.717) is 58.2 Å². The lowest BCUT2D eigenvalue weighted by molar-refractivity contribution is -0.140. The van der Waals surface area contributed by atoms with Crippen LogP contribution in [0.25, 0.3) is 0 Å². The summed E-state index contributed by atoms with van der Waals surface area (Å²) in [7, 11) is 4.63. The molecule has 4 rings (SSSR count). The topological polar surface area (TPSA) is 92.3 Å². The number of carbonyl (C=O) groups excluding carboxylic acids is 2. The van der Waals surface area contributed by atoms with Crippen LogP contribution in [0, 0.1) is 5.41 Å². The Balaban J connectivity index is 1.72. The van der Waals surface area contributed by atoms with Gasteiger partial charge in [0.25, 0.3) is 0 Å². The quantitative estimate of drug-likeness (QED) is 0.367. The van der Waals surface area contributed by atoms with E-state index in [1.807, 2.05) is 37.3 Å². The van der Waals surface area contributed by atoms with Gasteiger partial charge in [0, 0.05) is 35.0 Å². The van der Waals surface area contributed by atoms with E-state index in [4.69, 9.17) is 23.7 Å². The second kappa shape index (κ2) is 11.2. The molecule has 1 aliphatic heterocycles. The number of esters is 1. The summed E-state index contributed by atoms with van der Waals surface area (Å²) in [5.41, 5.74) is 2.76. The molecule has 1 aliphatic carbocycles. The van der Waals surface area contributed by atoms with Crippen molar-refractivity contribution in [2.24, 2.45) is 5.41 Å². The third-order valence-electron chi connectivity index (χ3n) is 6.83. The highest BCUT2D eigenvalue weighted by molar-refractivity contribution is 6.04. The first-order chi connectivity index (χ1) is 18.2. The van der Waals surface area contributed by atoms with Gasteiger partial charge in [-0.25, -0.2) is 4.79 Å². The minimum atomic E-state index is -0.702. The summed E-state index contributed by atoms with van der Waals surface area (Å²) in [4.78, 5) is 27.2. The maximum absolute atomic E-state index is 13.6. The molecule has 0 spiro atoms. The fourth-order valence-corrected chi connectivity index (χ4v) is 5.18. The molecule has 0 saturated carbocycles. The molecular formula is C30H35NO7. The zero-order chi connectivity index (χ0) is 27.4. The fraction of sp³-hybridized carbons (Fsp3) is 0.400. The van der Waals surface area contributed by atoms with Gasteiger partial charge in [0.1, 0.15) is 24.7 Å². The number of rotatable bonds is 9. The standard InChI is InChI=1S/C30H35NO7/c1-18-26(29(33)38-13-12-37-19-10-8-7-9-11-19)27(28-21(31-18)16-30(2,3)17-22(28)32)20-14-24(35-5)25(36-6)15-23(20)34-4/h7-11,14-15,27,31H,12-13,16-17H2,1-6H3/t27-/m1/s1. The Bertz CT molecular complexity index is 1280. The van der Waals surface area contributed by atoms with Crippen molar-refractivity contribution in [1.29, 1.82) is 0 Å². The van der Waals surface area contributed by atoms with E-state index in [-0.39, 0.29) is 24.4 Å². The minimum Gasteiger partial charge on any atom is -0.496 e. The van der Waals surface area contributed by atoms with E-state index in [1.54, 1.807) is 33.5 Å². The molecular weight excluding hydrogens is 486 g/mol. The summed E-state index contributed by atoms with van der Waals surface area (Å²) in [6.07, 6.45) is 1.04. The largest absolute Gasteiger partial charge is 0.496 e. The lowest BCUT2D eigenvalue weighted by Gasteiger charge is -2.39. The molecule has 0 amide bonds. The van der Waals surface area contributed by atoms with Crippen molar-refractivity contribution < 1.29 is 33.3 Å². The summed E-state index contributed by atoms with van der Waals surface area (Å²) in [5.74, 6) is 0.867. The summed E-state index contributed by atoms with van der Waals surface area (Å²) in [5, 5.41) is 3.35. The molecule has 0 fully saturated rings. The number of methoxy groups -OCH3 is 3. The molecule has 2 aliphatic rings. The number of allylic oxidation sites excluding steroid dienone is 3. The molecule has 1 atom stereocenters. The Morgan fingerprint density at radius 3 is 2.26 bits per heavy atom. The summed E-state index contributed by atoms with van der Waals surface area (Å²) in [6.45, 7) is 6.21. The van der Waals surface area contributed by atoms with Crippen LogP contribution < -0.4 is 24.3 Å². The number of para-hydroxylation sites is 1. The number of ketones is 1. The van der Waals surface area contributed by atoms with E-state index < -0.39 is 11.9 Å². The lowest BCUT2D eigenvalue weighted by atomic mass is 9.68. The molecule has 8 nitrogen and oxygen atoms in total. The van der Waals surface area contributed by atoms with Crippen LogP contribution in [-0.2, 0) is 14.3 Å². The van der Waals surface area contributed by atoms with Gasteiger partial charge < -0.3 is 29.0 Å². The highest BCUT2D eigenvalue weighted by Gasteiger charge is 2.44. The Morgan fingerprint density at radius 2 is 1.61 bits per heavy atom. The zero-order valence-electron chi connectivity index (χ0n) is 22.8. The van der Waals surface area contributed by atoms with Crippen molar-refractivity contribution in [3.63, 3.8) is 0 Å². The molecule has 202 valence electrons. The Labute approximate surface area is 223 Å². The number of hydrogen-bond acceptors (Lipinski definition) is 8. The molecule has 0 radical (unpaired) electrons. The van der Waals surface area contributed by atoms with Gasteiger partial charge in [-0.3, -0.25) is 4.79 Å². The predicted octanol–water partition coefficient (Wildman–Crippen LogP) is 4.94. The van der Waals surface area contributed by atoms with Crippen molar-refractivity contribution in [1.82, 2.24) is 5.32 Å². The van der Waals surface area contributed by atoms with Crippen molar-refractivity contribution in [3.8, 4) is 23.0 Å². The molecule has 2 aromatic rings. The SMILES string of the molecule is COc1cc(OC)c([C@@H]2C(C(=O)OCCOc3ccccc3)=C(C)NC3=C2C(=O)CC(C)(C)C3)cc1OC. The van der Waals surface area contributed by atoms with Gasteiger partial charge in [-0.15, -0.1) is 0 Å². The van der Waals surface area contributed by atoms with Crippen LogP contribution in [0.15, 0.2) is 65.0 Å². The van der Waals surface area contributed by atoms with Gasteiger partial charge in [-0.05, 0) is 37.0 Å². The van der Waals surface area contributed by atoms with E-state index >= 15 is 0 Å². The molecule has 1 heterocycles. The van der Waals surface area contributed by atoms with Crippen LogP contribution in [0.2, 0.25) is 0 Å². The highest BCUT2D eigenvalue weighted by atomic mass is 16.6. The number of benzene rings is 2. The van der Waals surface area contributed by atoms with Crippen molar-refractivity contribution in [2.75, 3.05) is 34.5 Å². The van der Waals surface area contributed by atoms with Gasteiger partial charge >= 0.3 is 5.97 Å². The van der Waals surface area contributed by atoms with Gasteiger partial charge in [0.05, 0.1) is 32.8 Å². The second-order valence-corrected chi connectivity index (χ2v) is 10.2. The van der Waals surface area contributed by atoms with Gasteiger partial charge in [-0.1, -0.05) is 32.0 Å². The first kappa shape index (κ1) is 27.1. The van der Waals surface area contributed by atoms with Crippen LogP contribution in [0.5, 0.6) is 23.0 Å². The Kier molecular flexibility index (Phi) is 7.99. The smallest absolute Gasteiger partial charge is 0.336 e. The molecule has 1 N–H and O–H groups in total. The van der Waals surface area contributed by atoms with Gasteiger partial charge in [0.2, 0.25) is 0 Å². The average Bonchev–Trinajstić information content (AvgIpc) is 2.89. The molecule has 0 saturated heterocycles. The van der Waals surface area contributed by atoms with Gasteiger partial charge in [0.15, 0.2) is 17.3 Å². The maximum atomic E-state index is 13.6. The maximum Gasteiger partial charge on any atom is 0.336 e. The number of dihydropyridines is 1. The van der Waals surface area contributed by atoms with E-state index in [0.717, 1.165) is 5.70 Å². The first-order valence-electron chi connectivity index (χ1n) is 12.6. The molecule has 38 heavy (non-hydrogen) atoms. The molecule has 0 unspecified atom stereocenters. The number of carbonyl (C=O) groups is 2. The van der Waals surface area contributed by atoms with Crippen LogP contribution in [-0.4, -0.2) is 46.3 Å². The summed E-state index contributed by atoms with van der Waals surface area (Å²) >= 11 is 0. The molecule has 0 bridgehead atoms. The fourth-order valence-electron chi connectivity index (χ4n) is 5.18. The number of nitrogens with one attached hydrogen (secondary N) is 1. The zero-order valence-corrected chi connectivity index (χ0v) is 22.8. The van der Waals surface area contributed by atoms with Gasteiger partial charge in [-0.2, -0.15) is 0 Å². The molecule has 2 aromatic carbocycles. The number of Topliss-reactive ketones (excluding diaryl/α,β-unsaturated/α-hetero) is 1. The van der Waals surface area contributed by atoms with E-state index in [2.05, 4.69) is 19.2 Å². The highest BCUT2D eigenvalue weighted by Crippen LogP contribution is 2.50. The lowest BCUT2D eigenvalue weighted by Crippen LogP contribution is -2.39. The first-order valence-corrected chi connectivity index (χ1v) is 12.6. The average molecular weight is 522 g/mol. The number of hydrogen-bond donors (Lipinski definition) is 1. The van der Waals surface area contributed by atoms with Crippen molar-refractivity contribution >= 4 is 11.8 Å². The van der Waals surface area contributed by atoms with E-state index in [1.165, 1.54) is 0 Å². The summed E-state index contributed by atoms with van der Waals surface area (Å²) in [6, 6.07) is 12.8. The summed E-state index contributed by atoms with van der Waals surface area (Å²) < 4.78 is 28.1. The van der Waals surface area contributed by atoms with Crippen molar-refractivity contribution in [2.45, 2.75) is 39.5 Å². The Hall–Kier alpha value is -3.94.